The molecule has 4 aromatic rings. The molecule has 7 heteroatoms. The van der Waals surface area contributed by atoms with Crippen molar-refractivity contribution < 1.29 is 9.59 Å². The summed E-state index contributed by atoms with van der Waals surface area (Å²) >= 11 is 1.33. The molecule has 0 aliphatic carbocycles. The van der Waals surface area contributed by atoms with Crippen molar-refractivity contribution in [3.63, 3.8) is 0 Å². The second kappa shape index (κ2) is 6.77. The number of anilines is 1. The first-order valence-electron chi connectivity index (χ1n) is 8.37. The van der Waals surface area contributed by atoms with Crippen molar-refractivity contribution in [3.05, 3.63) is 71.5 Å². The molecule has 2 heterocycles. The molecule has 0 aliphatic heterocycles. The standard InChI is InChI=1S/C20H16N4O2S/c1-12-17(13(2)24(23-12)14-8-4-3-5-9-14)18(25)19(26)22-20-21-15-10-6-7-11-16(15)27-20/h3-11H,1-2H3,(H,21,22,26). The Morgan fingerprint density at radius 1 is 1.00 bits per heavy atom. The summed E-state index contributed by atoms with van der Waals surface area (Å²) in [5.41, 5.74) is 3.08. The summed E-state index contributed by atoms with van der Waals surface area (Å²) in [6.45, 7) is 3.51. The Balaban J connectivity index is 1.62. The zero-order valence-corrected chi connectivity index (χ0v) is 15.6. The highest BCUT2D eigenvalue weighted by molar-refractivity contribution is 7.22. The quantitative estimate of drug-likeness (QED) is 0.433. The number of fused-ring (bicyclic) bond motifs is 1. The van der Waals surface area contributed by atoms with Gasteiger partial charge in [-0.1, -0.05) is 41.7 Å². The molecule has 0 fully saturated rings. The number of para-hydroxylation sites is 2. The number of rotatable bonds is 4. The highest BCUT2D eigenvalue weighted by atomic mass is 32.1. The Labute approximate surface area is 159 Å². The van der Waals surface area contributed by atoms with Crippen LogP contribution in [0.25, 0.3) is 15.9 Å². The van der Waals surface area contributed by atoms with Crippen molar-refractivity contribution in [1.82, 2.24) is 14.8 Å². The molecule has 0 saturated carbocycles. The summed E-state index contributed by atoms with van der Waals surface area (Å²) < 4.78 is 2.62. The number of nitrogens with zero attached hydrogens (tertiary/aromatic N) is 3. The molecule has 0 spiro atoms. The first kappa shape index (κ1) is 17.1. The molecular weight excluding hydrogens is 360 g/mol. The van der Waals surface area contributed by atoms with Gasteiger partial charge in [-0.2, -0.15) is 5.10 Å². The number of carbonyl (C=O) groups excluding carboxylic acids is 2. The Kier molecular flexibility index (Phi) is 4.29. The van der Waals surface area contributed by atoms with Crippen LogP contribution >= 0.6 is 11.3 Å². The van der Waals surface area contributed by atoms with Crippen molar-refractivity contribution in [2.75, 3.05) is 5.32 Å². The number of hydrogen-bond donors (Lipinski definition) is 1. The Hall–Kier alpha value is -3.32. The fraction of sp³-hybridized carbons (Fsp3) is 0.100. The zero-order chi connectivity index (χ0) is 19.0. The average molecular weight is 376 g/mol. The molecule has 0 unspecified atom stereocenters. The summed E-state index contributed by atoms with van der Waals surface area (Å²) in [4.78, 5) is 29.6. The van der Waals surface area contributed by atoms with Crippen molar-refractivity contribution in [1.29, 1.82) is 0 Å². The number of ketones is 1. The second-order valence-electron chi connectivity index (χ2n) is 6.06. The maximum absolute atomic E-state index is 12.8. The highest BCUT2D eigenvalue weighted by Crippen LogP contribution is 2.26. The van der Waals surface area contributed by atoms with Gasteiger partial charge in [0, 0.05) is 0 Å². The molecule has 134 valence electrons. The fourth-order valence-electron chi connectivity index (χ4n) is 2.98. The van der Waals surface area contributed by atoms with E-state index < -0.39 is 11.7 Å². The van der Waals surface area contributed by atoms with Crippen LogP contribution < -0.4 is 5.32 Å². The average Bonchev–Trinajstić information content (AvgIpc) is 3.21. The van der Waals surface area contributed by atoms with Crippen LogP contribution in [-0.2, 0) is 4.79 Å². The van der Waals surface area contributed by atoms with Crippen molar-refractivity contribution in [3.8, 4) is 5.69 Å². The molecule has 0 bridgehead atoms. The van der Waals surface area contributed by atoms with Crippen LogP contribution in [0.15, 0.2) is 54.6 Å². The van der Waals surface area contributed by atoms with E-state index in [0.29, 0.717) is 22.1 Å². The summed E-state index contributed by atoms with van der Waals surface area (Å²) in [7, 11) is 0. The maximum Gasteiger partial charge on any atom is 0.298 e. The monoisotopic (exact) mass is 376 g/mol. The van der Waals surface area contributed by atoms with Crippen LogP contribution in [0, 0.1) is 13.8 Å². The number of benzene rings is 2. The van der Waals surface area contributed by atoms with Gasteiger partial charge in [0.2, 0.25) is 0 Å². The summed E-state index contributed by atoms with van der Waals surface area (Å²) in [6.07, 6.45) is 0. The van der Waals surface area contributed by atoms with Gasteiger partial charge < -0.3 is 0 Å². The molecule has 2 aromatic heterocycles. The van der Waals surface area contributed by atoms with Gasteiger partial charge in [0.25, 0.3) is 11.7 Å². The highest BCUT2D eigenvalue weighted by Gasteiger charge is 2.25. The van der Waals surface area contributed by atoms with Gasteiger partial charge in [-0.05, 0) is 38.1 Å². The summed E-state index contributed by atoms with van der Waals surface area (Å²) in [5.74, 6) is -1.33. The van der Waals surface area contributed by atoms with E-state index in [4.69, 9.17) is 0 Å². The van der Waals surface area contributed by atoms with Crippen molar-refractivity contribution in [2.24, 2.45) is 0 Å². The molecule has 1 amide bonds. The molecule has 0 saturated heterocycles. The Morgan fingerprint density at radius 2 is 1.70 bits per heavy atom. The molecular formula is C20H16N4O2S. The molecule has 0 radical (unpaired) electrons. The first-order chi connectivity index (χ1) is 13.0. The minimum atomic E-state index is -0.715. The van der Waals surface area contributed by atoms with Gasteiger partial charge in [0.15, 0.2) is 5.13 Å². The van der Waals surface area contributed by atoms with Gasteiger partial charge in [-0.3, -0.25) is 14.9 Å². The number of Topliss-reactive ketones (excluding diaryl/α,β-unsaturated/α-hetero) is 1. The Morgan fingerprint density at radius 3 is 2.44 bits per heavy atom. The third-order valence-electron chi connectivity index (χ3n) is 4.24. The summed E-state index contributed by atoms with van der Waals surface area (Å²) in [6, 6.07) is 17.1. The van der Waals surface area contributed by atoms with E-state index >= 15 is 0 Å². The van der Waals surface area contributed by atoms with Crippen LogP contribution in [0.1, 0.15) is 21.7 Å². The van der Waals surface area contributed by atoms with Crippen LogP contribution in [0.5, 0.6) is 0 Å². The number of aryl methyl sites for hydroxylation is 1. The smallest absolute Gasteiger partial charge is 0.295 e. The van der Waals surface area contributed by atoms with E-state index in [2.05, 4.69) is 15.4 Å². The van der Waals surface area contributed by atoms with Crippen LogP contribution in [-0.4, -0.2) is 26.5 Å². The predicted molar refractivity (Wildman–Crippen MR) is 106 cm³/mol. The van der Waals surface area contributed by atoms with E-state index in [9.17, 15) is 9.59 Å². The fourth-order valence-corrected chi connectivity index (χ4v) is 3.85. The lowest BCUT2D eigenvalue weighted by Crippen LogP contribution is -2.23. The largest absolute Gasteiger partial charge is 0.298 e. The molecule has 6 nitrogen and oxygen atoms in total. The lowest BCUT2D eigenvalue weighted by atomic mass is 10.1. The van der Waals surface area contributed by atoms with Crippen molar-refractivity contribution >= 4 is 38.4 Å². The first-order valence-corrected chi connectivity index (χ1v) is 9.19. The minimum absolute atomic E-state index is 0.317. The number of thiazole rings is 1. The normalized spacial score (nSPS) is 10.9. The molecule has 27 heavy (non-hydrogen) atoms. The van der Waals surface area contributed by atoms with Gasteiger partial charge in [-0.25, -0.2) is 9.67 Å². The minimum Gasteiger partial charge on any atom is -0.295 e. The third kappa shape index (κ3) is 3.13. The molecule has 1 N–H and O–H groups in total. The number of carbonyl (C=O) groups is 2. The van der Waals surface area contributed by atoms with E-state index in [1.54, 1.807) is 18.5 Å². The van der Waals surface area contributed by atoms with E-state index in [-0.39, 0.29) is 0 Å². The van der Waals surface area contributed by atoms with Gasteiger partial charge in [0.1, 0.15) is 0 Å². The SMILES string of the molecule is Cc1nn(-c2ccccc2)c(C)c1C(=O)C(=O)Nc1nc2ccccc2s1. The van der Waals surface area contributed by atoms with Gasteiger partial charge in [0.05, 0.1) is 32.9 Å². The number of amides is 1. The number of nitrogens with one attached hydrogen (secondary N) is 1. The van der Waals surface area contributed by atoms with Crippen LogP contribution in [0.3, 0.4) is 0 Å². The van der Waals surface area contributed by atoms with Gasteiger partial charge in [-0.15, -0.1) is 0 Å². The van der Waals surface area contributed by atoms with Gasteiger partial charge >= 0.3 is 0 Å². The Bertz CT molecular complexity index is 1130. The molecule has 0 atom stereocenters. The number of aromatic nitrogens is 3. The topological polar surface area (TPSA) is 76.9 Å². The lowest BCUT2D eigenvalue weighted by molar-refractivity contribution is -0.112. The van der Waals surface area contributed by atoms with E-state index in [0.717, 1.165) is 15.9 Å². The molecule has 4 rings (SSSR count). The number of hydrogen-bond acceptors (Lipinski definition) is 5. The van der Waals surface area contributed by atoms with Crippen LogP contribution in [0.4, 0.5) is 5.13 Å². The zero-order valence-electron chi connectivity index (χ0n) is 14.8. The predicted octanol–water partition coefficient (Wildman–Crippen LogP) is 3.92. The third-order valence-corrected chi connectivity index (χ3v) is 5.19. The second-order valence-corrected chi connectivity index (χ2v) is 7.09. The van der Waals surface area contributed by atoms with Crippen molar-refractivity contribution in [2.45, 2.75) is 13.8 Å². The maximum atomic E-state index is 12.8. The van der Waals surface area contributed by atoms with E-state index in [1.807, 2.05) is 54.6 Å². The van der Waals surface area contributed by atoms with E-state index in [1.165, 1.54) is 11.3 Å². The summed E-state index contributed by atoms with van der Waals surface area (Å²) in [5, 5.41) is 7.45. The lowest BCUT2D eigenvalue weighted by Gasteiger charge is -2.05. The van der Waals surface area contributed by atoms with Crippen LogP contribution in [0.2, 0.25) is 0 Å². The molecule has 2 aromatic carbocycles. The molecule has 0 aliphatic rings.